The number of hydrogen-bond acceptors (Lipinski definition) is 6. The molecule has 42 heavy (non-hydrogen) atoms. The van der Waals surface area contributed by atoms with Crippen LogP contribution in [0.4, 0.5) is 23.4 Å². The van der Waals surface area contributed by atoms with E-state index in [0.29, 0.717) is 52.7 Å². The van der Waals surface area contributed by atoms with Gasteiger partial charge in [-0.15, -0.1) is 0 Å². The summed E-state index contributed by atoms with van der Waals surface area (Å²) in [4.78, 5) is 21.8. The second kappa shape index (κ2) is 12.0. The lowest BCUT2D eigenvalue weighted by molar-refractivity contribution is -0.137. The number of aryl methyl sites for hydroxylation is 1. The lowest BCUT2D eigenvalue weighted by Gasteiger charge is -2.11. The topological polar surface area (TPSA) is 90.6 Å². The van der Waals surface area contributed by atoms with Gasteiger partial charge in [0.15, 0.2) is 11.4 Å². The van der Waals surface area contributed by atoms with Crippen molar-refractivity contribution in [3.05, 3.63) is 95.6 Å². The van der Waals surface area contributed by atoms with Crippen molar-refractivity contribution in [2.24, 2.45) is 0 Å². The highest BCUT2D eigenvalue weighted by Crippen LogP contribution is 2.36. The summed E-state index contributed by atoms with van der Waals surface area (Å²) in [5, 5.41) is 7.03. The molecular formula is C30H25F4N5O3. The molecule has 0 aliphatic carbocycles. The molecule has 8 nitrogen and oxygen atoms in total. The molecule has 0 aliphatic rings. The van der Waals surface area contributed by atoms with Gasteiger partial charge in [-0.2, -0.15) is 18.3 Å². The zero-order valence-electron chi connectivity index (χ0n) is 22.6. The van der Waals surface area contributed by atoms with Gasteiger partial charge in [0, 0.05) is 35.6 Å². The zero-order valence-corrected chi connectivity index (χ0v) is 22.6. The van der Waals surface area contributed by atoms with Gasteiger partial charge in [0.2, 0.25) is 0 Å². The fourth-order valence-electron chi connectivity index (χ4n) is 4.32. The number of amides is 1. The minimum Gasteiger partial charge on any atom is -0.487 e. The molecule has 5 aromatic rings. The van der Waals surface area contributed by atoms with E-state index in [0.717, 1.165) is 18.2 Å². The molecule has 1 N–H and O–H groups in total. The maximum Gasteiger partial charge on any atom is 0.416 e. The van der Waals surface area contributed by atoms with Crippen LogP contribution in [0.2, 0.25) is 0 Å². The third-order valence-electron chi connectivity index (χ3n) is 6.33. The molecule has 0 aliphatic heterocycles. The number of alkyl halides is 3. The van der Waals surface area contributed by atoms with E-state index in [1.165, 1.54) is 18.3 Å². The number of fused-ring (bicyclic) bond motifs is 1. The molecule has 3 aromatic heterocycles. The Bertz CT molecular complexity index is 1750. The average Bonchev–Trinajstić information content (AvgIpc) is 3.37. The van der Waals surface area contributed by atoms with Crippen LogP contribution in [0, 0.1) is 12.7 Å². The van der Waals surface area contributed by atoms with E-state index in [4.69, 9.17) is 14.5 Å². The number of carbonyl (C=O) groups excluding carboxylic acids is 1. The normalized spacial score (nSPS) is 11.6. The number of imidazole rings is 1. The smallest absolute Gasteiger partial charge is 0.416 e. The lowest BCUT2D eigenvalue weighted by Crippen LogP contribution is -2.14. The number of pyridine rings is 1. The summed E-state index contributed by atoms with van der Waals surface area (Å²) in [6.45, 7) is 4.73. The summed E-state index contributed by atoms with van der Waals surface area (Å²) in [6.07, 6.45) is -1.60. The van der Waals surface area contributed by atoms with E-state index in [1.54, 1.807) is 48.0 Å². The molecular weight excluding hydrogens is 554 g/mol. The van der Waals surface area contributed by atoms with Crippen molar-refractivity contribution in [2.45, 2.75) is 20.0 Å². The molecule has 0 spiro atoms. The Kier molecular flexibility index (Phi) is 8.16. The first-order valence-electron chi connectivity index (χ1n) is 13.0. The summed E-state index contributed by atoms with van der Waals surface area (Å²) in [5.41, 5.74) is 1.81. The number of ether oxygens (including phenoxy) is 2. The number of benzene rings is 2. The molecule has 2 aromatic carbocycles. The van der Waals surface area contributed by atoms with Gasteiger partial charge in [0.25, 0.3) is 5.91 Å². The van der Waals surface area contributed by atoms with Crippen LogP contribution in [0.3, 0.4) is 0 Å². The lowest BCUT2D eigenvalue weighted by atomic mass is 10.0. The van der Waals surface area contributed by atoms with Crippen LogP contribution in [0.25, 0.3) is 28.2 Å². The van der Waals surface area contributed by atoms with Crippen molar-refractivity contribution in [3.8, 4) is 28.3 Å². The highest BCUT2D eigenvalue weighted by atomic mass is 19.4. The van der Waals surface area contributed by atoms with Crippen molar-refractivity contribution < 1.29 is 31.8 Å². The monoisotopic (exact) mass is 579 g/mol. The number of aromatic nitrogens is 4. The van der Waals surface area contributed by atoms with Gasteiger partial charge in [-0.05, 0) is 67.9 Å². The van der Waals surface area contributed by atoms with Crippen molar-refractivity contribution >= 4 is 17.4 Å². The molecule has 5 rings (SSSR count). The molecule has 0 bridgehead atoms. The van der Waals surface area contributed by atoms with Crippen LogP contribution in [0.1, 0.15) is 28.4 Å². The van der Waals surface area contributed by atoms with Crippen LogP contribution in [-0.4, -0.2) is 45.3 Å². The molecule has 3 heterocycles. The SMILES string of the molecule is CCOCCOc1ccnn2c(-c3ccnc(NC(=O)c4cccc(C(F)(F)F)c4)c3)c(-c3ccc(F)c(C)c3)nc12. The molecule has 0 atom stereocenters. The molecule has 1 amide bonds. The van der Waals surface area contributed by atoms with Gasteiger partial charge in [0.1, 0.15) is 23.9 Å². The molecule has 0 fully saturated rings. The summed E-state index contributed by atoms with van der Waals surface area (Å²) in [5.74, 6) is -0.592. The standard InChI is InChI=1S/C30H25F4N5O3/c1-3-41-13-14-42-24-10-12-36-39-27(26(38-28(24)39)19-7-8-23(31)18(2)15-19)20-9-11-35-25(17-20)37-29(40)21-5-4-6-22(16-21)30(32,33)34/h4-12,15-17H,3,13-14H2,1-2H3,(H,35,37,40). The minimum absolute atomic E-state index is 0.0928. The summed E-state index contributed by atoms with van der Waals surface area (Å²) in [7, 11) is 0. The summed E-state index contributed by atoms with van der Waals surface area (Å²) >= 11 is 0. The van der Waals surface area contributed by atoms with Gasteiger partial charge < -0.3 is 14.8 Å². The van der Waals surface area contributed by atoms with E-state index in [9.17, 15) is 22.4 Å². The van der Waals surface area contributed by atoms with Crippen LogP contribution < -0.4 is 10.1 Å². The van der Waals surface area contributed by atoms with Gasteiger partial charge >= 0.3 is 6.18 Å². The summed E-state index contributed by atoms with van der Waals surface area (Å²) < 4.78 is 66.4. The quantitative estimate of drug-likeness (QED) is 0.157. The van der Waals surface area contributed by atoms with E-state index in [-0.39, 0.29) is 23.8 Å². The number of nitrogens with zero attached hydrogens (tertiary/aromatic N) is 4. The Balaban J connectivity index is 1.56. The Labute approximate surface area is 238 Å². The molecule has 0 radical (unpaired) electrons. The van der Waals surface area contributed by atoms with E-state index in [2.05, 4.69) is 15.4 Å². The fraction of sp³-hybridized carbons (Fsp3) is 0.200. The highest BCUT2D eigenvalue weighted by molar-refractivity contribution is 6.04. The second-order valence-electron chi connectivity index (χ2n) is 9.21. The Morgan fingerprint density at radius 1 is 1.00 bits per heavy atom. The largest absolute Gasteiger partial charge is 0.487 e. The average molecular weight is 580 g/mol. The maximum absolute atomic E-state index is 14.1. The van der Waals surface area contributed by atoms with Crippen molar-refractivity contribution in [3.63, 3.8) is 0 Å². The molecule has 0 saturated heterocycles. The number of anilines is 1. The number of rotatable bonds is 9. The first-order chi connectivity index (χ1) is 20.2. The highest BCUT2D eigenvalue weighted by Gasteiger charge is 2.31. The first-order valence-corrected chi connectivity index (χ1v) is 13.0. The first kappa shape index (κ1) is 28.7. The van der Waals surface area contributed by atoms with Gasteiger partial charge in [-0.1, -0.05) is 6.07 Å². The molecule has 12 heteroatoms. The predicted molar refractivity (Wildman–Crippen MR) is 148 cm³/mol. The van der Waals surface area contributed by atoms with Crippen molar-refractivity contribution in [1.82, 2.24) is 19.6 Å². The van der Waals surface area contributed by atoms with Crippen LogP contribution in [0.15, 0.2) is 73.1 Å². The van der Waals surface area contributed by atoms with Gasteiger partial charge in [-0.3, -0.25) is 4.79 Å². The van der Waals surface area contributed by atoms with Crippen molar-refractivity contribution in [1.29, 1.82) is 0 Å². The third-order valence-corrected chi connectivity index (χ3v) is 6.33. The van der Waals surface area contributed by atoms with E-state index >= 15 is 0 Å². The molecule has 0 saturated carbocycles. The predicted octanol–water partition coefficient (Wildman–Crippen LogP) is 6.59. The van der Waals surface area contributed by atoms with Crippen LogP contribution in [0.5, 0.6) is 5.75 Å². The maximum atomic E-state index is 14.1. The Morgan fingerprint density at radius 2 is 1.83 bits per heavy atom. The third kappa shape index (κ3) is 6.08. The van der Waals surface area contributed by atoms with Crippen molar-refractivity contribution in [2.75, 3.05) is 25.1 Å². The second-order valence-corrected chi connectivity index (χ2v) is 9.21. The molecule has 0 unspecified atom stereocenters. The summed E-state index contributed by atoms with van der Waals surface area (Å²) in [6, 6.07) is 13.6. The minimum atomic E-state index is -4.59. The number of hydrogen-bond donors (Lipinski definition) is 1. The number of nitrogens with one attached hydrogen (secondary N) is 1. The Morgan fingerprint density at radius 3 is 2.60 bits per heavy atom. The van der Waals surface area contributed by atoms with Gasteiger partial charge in [0.05, 0.1) is 24.1 Å². The van der Waals surface area contributed by atoms with E-state index < -0.39 is 17.6 Å². The number of carbonyl (C=O) groups is 1. The fourth-order valence-corrected chi connectivity index (χ4v) is 4.32. The van der Waals surface area contributed by atoms with Crippen LogP contribution in [-0.2, 0) is 10.9 Å². The number of halogens is 4. The zero-order chi connectivity index (χ0) is 29.9. The Hall–Kier alpha value is -4.84. The molecule has 216 valence electrons. The van der Waals surface area contributed by atoms with Gasteiger partial charge in [-0.25, -0.2) is 18.9 Å². The van der Waals surface area contributed by atoms with Crippen LogP contribution >= 0.6 is 0 Å². The van der Waals surface area contributed by atoms with E-state index in [1.807, 2.05) is 6.92 Å².